The summed E-state index contributed by atoms with van der Waals surface area (Å²) < 4.78 is 26.4. The molecule has 2 aliphatic rings. The minimum atomic E-state index is -3.09. The van der Waals surface area contributed by atoms with Gasteiger partial charge in [-0.1, -0.05) is 42.8 Å². The number of carbonyl (C=O) groups excluding carboxylic acids is 1. The summed E-state index contributed by atoms with van der Waals surface area (Å²) in [6.07, 6.45) is 5.29. The molecule has 1 aromatic heterocycles. The Balaban J connectivity index is 1.55. The number of aryl methyl sites for hydroxylation is 1. The number of aromatic nitrogens is 2. The second-order valence-electron chi connectivity index (χ2n) is 8.32. The largest absolute Gasteiger partial charge is 0.320 e. The summed E-state index contributed by atoms with van der Waals surface area (Å²) >= 11 is 1.47. The molecule has 1 saturated heterocycles. The standard InChI is InChI=1S/C22H29N3O3S2/c1-16-17(2)24(18-10-6-7-11-18)22(23-16)29-14-21(26)25(19-8-4-3-5-9-19)20-12-13-30(27,28)15-20/h3-5,8-9,18,20H,6-7,10-15H2,1-2H3/t20-/m0/s1. The van der Waals surface area contributed by atoms with Crippen LogP contribution in [0.15, 0.2) is 35.5 Å². The van der Waals surface area contributed by atoms with Gasteiger partial charge >= 0.3 is 0 Å². The maximum atomic E-state index is 13.3. The summed E-state index contributed by atoms with van der Waals surface area (Å²) in [5, 5.41) is 0.900. The topological polar surface area (TPSA) is 72.3 Å². The van der Waals surface area contributed by atoms with E-state index in [-0.39, 0.29) is 29.2 Å². The fraction of sp³-hybridized carbons (Fsp3) is 0.545. The van der Waals surface area contributed by atoms with E-state index in [1.165, 1.54) is 30.3 Å². The van der Waals surface area contributed by atoms with Gasteiger partial charge in [0, 0.05) is 17.4 Å². The van der Waals surface area contributed by atoms with Gasteiger partial charge in [0.1, 0.15) is 0 Å². The average molecular weight is 448 g/mol. The second-order valence-corrected chi connectivity index (χ2v) is 11.5. The van der Waals surface area contributed by atoms with Crippen LogP contribution in [0.4, 0.5) is 5.69 Å². The molecule has 6 nitrogen and oxygen atoms in total. The van der Waals surface area contributed by atoms with Crippen LogP contribution < -0.4 is 4.90 Å². The van der Waals surface area contributed by atoms with Crippen molar-refractivity contribution in [2.24, 2.45) is 0 Å². The van der Waals surface area contributed by atoms with Crippen LogP contribution in [0, 0.1) is 13.8 Å². The number of hydrogen-bond acceptors (Lipinski definition) is 5. The van der Waals surface area contributed by atoms with Gasteiger partial charge < -0.3 is 9.47 Å². The number of para-hydroxylation sites is 1. The first kappa shape index (κ1) is 21.4. The quantitative estimate of drug-likeness (QED) is 0.628. The second kappa shape index (κ2) is 8.75. The number of anilines is 1. The first-order valence-corrected chi connectivity index (χ1v) is 13.4. The number of benzene rings is 1. The van der Waals surface area contributed by atoms with Crippen molar-refractivity contribution in [1.82, 2.24) is 9.55 Å². The van der Waals surface area contributed by atoms with Crippen molar-refractivity contribution in [2.75, 3.05) is 22.2 Å². The number of nitrogens with zero attached hydrogens (tertiary/aromatic N) is 3. The van der Waals surface area contributed by atoms with Crippen LogP contribution in [0.25, 0.3) is 0 Å². The number of hydrogen-bond donors (Lipinski definition) is 0. The highest BCUT2D eigenvalue weighted by molar-refractivity contribution is 7.99. The molecule has 0 N–H and O–H groups in total. The van der Waals surface area contributed by atoms with Crippen LogP contribution in [0.5, 0.6) is 0 Å². The summed E-state index contributed by atoms with van der Waals surface area (Å²) in [5.74, 6) is 0.359. The molecule has 0 spiro atoms. The predicted octanol–water partition coefficient (Wildman–Crippen LogP) is 3.93. The van der Waals surface area contributed by atoms with E-state index in [0.29, 0.717) is 12.5 Å². The Morgan fingerprint density at radius 1 is 1.17 bits per heavy atom. The highest BCUT2D eigenvalue weighted by atomic mass is 32.2. The van der Waals surface area contributed by atoms with E-state index >= 15 is 0 Å². The average Bonchev–Trinajstić information content (AvgIpc) is 3.42. The van der Waals surface area contributed by atoms with Gasteiger partial charge in [0.25, 0.3) is 0 Å². The van der Waals surface area contributed by atoms with Crippen LogP contribution in [-0.4, -0.2) is 47.2 Å². The Bertz CT molecular complexity index is 1010. The number of thioether (sulfide) groups is 1. The van der Waals surface area contributed by atoms with Gasteiger partial charge in [0.05, 0.1) is 29.0 Å². The van der Waals surface area contributed by atoms with Crippen LogP contribution in [0.3, 0.4) is 0 Å². The van der Waals surface area contributed by atoms with Crippen molar-refractivity contribution in [2.45, 2.75) is 63.2 Å². The fourth-order valence-electron chi connectivity index (χ4n) is 4.61. The van der Waals surface area contributed by atoms with Crippen molar-refractivity contribution in [3.8, 4) is 0 Å². The molecule has 1 aliphatic heterocycles. The Morgan fingerprint density at radius 3 is 2.50 bits per heavy atom. The first-order chi connectivity index (χ1) is 14.4. The first-order valence-electron chi connectivity index (χ1n) is 10.6. The van der Waals surface area contributed by atoms with E-state index < -0.39 is 9.84 Å². The monoisotopic (exact) mass is 447 g/mol. The van der Waals surface area contributed by atoms with Gasteiger partial charge in [-0.2, -0.15) is 0 Å². The Morgan fingerprint density at radius 2 is 1.87 bits per heavy atom. The molecule has 0 bridgehead atoms. The van der Waals surface area contributed by atoms with Crippen molar-refractivity contribution in [1.29, 1.82) is 0 Å². The van der Waals surface area contributed by atoms with E-state index in [9.17, 15) is 13.2 Å². The van der Waals surface area contributed by atoms with Crippen molar-refractivity contribution in [3.05, 3.63) is 41.7 Å². The van der Waals surface area contributed by atoms with E-state index in [1.54, 1.807) is 4.90 Å². The normalized spacial score (nSPS) is 21.2. The highest BCUT2D eigenvalue weighted by Crippen LogP contribution is 2.35. The molecule has 2 aromatic rings. The molecule has 0 unspecified atom stereocenters. The van der Waals surface area contributed by atoms with Gasteiger partial charge in [0.2, 0.25) is 5.91 Å². The zero-order valence-electron chi connectivity index (χ0n) is 17.6. The minimum absolute atomic E-state index is 0.0349. The summed E-state index contributed by atoms with van der Waals surface area (Å²) in [4.78, 5) is 19.7. The maximum absolute atomic E-state index is 13.3. The lowest BCUT2D eigenvalue weighted by atomic mass is 10.2. The Kier molecular flexibility index (Phi) is 6.25. The summed E-state index contributed by atoms with van der Waals surface area (Å²) in [5.41, 5.74) is 2.95. The third kappa shape index (κ3) is 4.44. The molecule has 2 fully saturated rings. The Hall–Kier alpha value is -1.80. The van der Waals surface area contributed by atoms with Crippen molar-refractivity contribution >= 4 is 33.2 Å². The smallest absolute Gasteiger partial charge is 0.237 e. The van der Waals surface area contributed by atoms with Gasteiger partial charge in [0.15, 0.2) is 15.0 Å². The minimum Gasteiger partial charge on any atom is -0.320 e. The number of rotatable bonds is 6. The van der Waals surface area contributed by atoms with Crippen LogP contribution in [0.1, 0.15) is 49.5 Å². The van der Waals surface area contributed by atoms with E-state index in [2.05, 4.69) is 11.5 Å². The molecule has 1 aromatic carbocycles. The molecule has 30 heavy (non-hydrogen) atoms. The highest BCUT2D eigenvalue weighted by Gasteiger charge is 2.35. The molecule has 0 radical (unpaired) electrons. The fourth-order valence-corrected chi connectivity index (χ4v) is 7.33. The molecule has 8 heteroatoms. The Labute approximate surface area is 183 Å². The third-order valence-corrected chi connectivity index (χ3v) is 8.93. The van der Waals surface area contributed by atoms with Gasteiger partial charge in [-0.3, -0.25) is 4.79 Å². The zero-order valence-corrected chi connectivity index (χ0v) is 19.2. The number of sulfone groups is 1. The predicted molar refractivity (Wildman–Crippen MR) is 121 cm³/mol. The number of imidazole rings is 1. The van der Waals surface area contributed by atoms with E-state index in [0.717, 1.165) is 29.4 Å². The zero-order chi connectivity index (χ0) is 21.3. The molecule has 2 heterocycles. The summed E-state index contributed by atoms with van der Waals surface area (Å²) in [6, 6.07) is 9.58. The molecular weight excluding hydrogens is 418 g/mol. The third-order valence-electron chi connectivity index (χ3n) is 6.25. The van der Waals surface area contributed by atoms with Crippen LogP contribution in [0.2, 0.25) is 0 Å². The molecule has 1 amide bonds. The molecule has 1 atom stereocenters. The van der Waals surface area contributed by atoms with Crippen LogP contribution >= 0.6 is 11.8 Å². The SMILES string of the molecule is Cc1nc(SCC(=O)N(c2ccccc2)[C@H]2CCS(=O)(=O)C2)n(C2CCCC2)c1C. The summed E-state index contributed by atoms with van der Waals surface area (Å²) in [6.45, 7) is 4.12. The van der Waals surface area contributed by atoms with Crippen molar-refractivity contribution in [3.63, 3.8) is 0 Å². The lowest BCUT2D eigenvalue weighted by molar-refractivity contribution is -0.116. The van der Waals surface area contributed by atoms with E-state index in [4.69, 9.17) is 4.98 Å². The van der Waals surface area contributed by atoms with Crippen molar-refractivity contribution < 1.29 is 13.2 Å². The number of amides is 1. The lowest BCUT2D eigenvalue weighted by Crippen LogP contribution is -2.42. The lowest BCUT2D eigenvalue weighted by Gasteiger charge is -2.28. The maximum Gasteiger partial charge on any atom is 0.237 e. The van der Waals surface area contributed by atoms with E-state index in [1.807, 2.05) is 37.3 Å². The summed E-state index contributed by atoms with van der Waals surface area (Å²) in [7, 11) is -3.09. The molecule has 1 aliphatic carbocycles. The molecule has 162 valence electrons. The molecule has 4 rings (SSSR count). The van der Waals surface area contributed by atoms with Gasteiger partial charge in [-0.25, -0.2) is 13.4 Å². The molecular formula is C22H29N3O3S2. The number of carbonyl (C=O) groups is 1. The molecule has 1 saturated carbocycles. The van der Waals surface area contributed by atoms with Gasteiger partial charge in [-0.15, -0.1) is 0 Å². The van der Waals surface area contributed by atoms with Gasteiger partial charge in [-0.05, 0) is 45.2 Å². The van der Waals surface area contributed by atoms with Crippen LogP contribution in [-0.2, 0) is 14.6 Å².